The first-order valence-corrected chi connectivity index (χ1v) is 6.42. The number of hydrogen-bond donors (Lipinski definition) is 2. The standard InChI is InChI=1S/C11H10BrClN4/c12-10-8(3-4-14)16-11-15-7-2-1-6(13)5-9(7)17(10)11/h1-2,5H,3-4,14H2,(H,15,16). The molecule has 0 atom stereocenters. The Balaban J connectivity index is 2.36. The minimum Gasteiger partial charge on any atom is -0.330 e. The van der Waals surface area contributed by atoms with Gasteiger partial charge in [0.1, 0.15) is 4.60 Å². The lowest BCUT2D eigenvalue weighted by molar-refractivity contribution is 0.928. The number of halogens is 2. The van der Waals surface area contributed by atoms with E-state index in [1.807, 2.05) is 22.6 Å². The van der Waals surface area contributed by atoms with Crippen LogP contribution in [0.4, 0.5) is 0 Å². The lowest BCUT2D eigenvalue weighted by Crippen LogP contribution is -2.03. The van der Waals surface area contributed by atoms with Crippen LogP contribution in [0.25, 0.3) is 16.8 Å². The summed E-state index contributed by atoms with van der Waals surface area (Å²) in [5.74, 6) is 0.803. The average molecular weight is 314 g/mol. The lowest BCUT2D eigenvalue weighted by Gasteiger charge is -1.97. The number of hydrogen-bond acceptors (Lipinski definition) is 2. The molecule has 3 N–H and O–H groups in total. The molecule has 0 spiro atoms. The van der Waals surface area contributed by atoms with Crippen molar-refractivity contribution >= 4 is 44.3 Å². The van der Waals surface area contributed by atoms with Crippen molar-refractivity contribution in [2.45, 2.75) is 6.42 Å². The van der Waals surface area contributed by atoms with Gasteiger partial charge in [0.15, 0.2) is 0 Å². The molecular formula is C11H10BrClN4. The average Bonchev–Trinajstić information content (AvgIpc) is 2.78. The lowest BCUT2D eigenvalue weighted by atomic mass is 10.3. The highest BCUT2D eigenvalue weighted by molar-refractivity contribution is 9.10. The third-order valence-corrected chi connectivity index (χ3v) is 3.79. The predicted octanol–water partition coefficient (Wildman–Crippen LogP) is 2.73. The first-order chi connectivity index (χ1) is 8.20. The molecule has 0 fully saturated rings. The highest BCUT2D eigenvalue weighted by Gasteiger charge is 2.13. The molecule has 88 valence electrons. The number of nitrogens with one attached hydrogen (secondary N) is 1. The van der Waals surface area contributed by atoms with Gasteiger partial charge in [-0.15, -0.1) is 0 Å². The molecule has 0 saturated heterocycles. The maximum Gasteiger partial charge on any atom is 0.213 e. The van der Waals surface area contributed by atoms with E-state index in [0.29, 0.717) is 11.6 Å². The van der Waals surface area contributed by atoms with Crippen molar-refractivity contribution in [3.8, 4) is 0 Å². The Morgan fingerprint density at radius 2 is 2.29 bits per heavy atom. The maximum atomic E-state index is 6.01. The van der Waals surface area contributed by atoms with Gasteiger partial charge in [-0.25, -0.2) is 4.98 Å². The van der Waals surface area contributed by atoms with E-state index in [0.717, 1.165) is 33.5 Å². The molecule has 0 bridgehead atoms. The van der Waals surface area contributed by atoms with Crippen molar-refractivity contribution in [1.29, 1.82) is 0 Å². The maximum absolute atomic E-state index is 6.01. The number of fused-ring (bicyclic) bond motifs is 3. The van der Waals surface area contributed by atoms with Gasteiger partial charge < -0.3 is 10.7 Å². The van der Waals surface area contributed by atoms with Crippen LogP contribution in [-0.2, 0) is 6.42 Å². The normalized spacial score (nSPS) is 11.7. The van der Waals surface area contributed by atoms with Crippen molar-refractivity contribution in [3.63, 3.8) is 0 Å². The molecular weight excluding hydrogens is 304 g/mol. The van der Waals surface area contributed by atoms with E-state index >= 15 is 0 Å². The molecule has 3 rings (SSSR count). The summed E-state index contributed by atoms with van der Waals surface area (Å²) < 4.78 is 2.97. The van der Waals surface area contributed by atoms with Gasteiger partial charge in [0, 0.05) is 11.4 Å². The number of benzene rings is 1. The van der Waals surface area contributed by atoms with E-state index in [-0.39, 0.29) is 0 Å². The van der Waals surface area contributed by atoms with Crippen LogP contribution in [0, 0.1) is 0 Å². The fraction of sp³-hybridized carbons (Fsp3) is 0.182. The molecule has 3 aromatic rings. The summed E-state index contributed by atoms with van der Waals surface area (Å²) in [5, 5.41) is 0.702. The molecule has 0 saturated carbocycles. The summed E-state index contributed by atoms with van der Waals surface area (Å²) in [5.41, 5.74) is 8.52. The van der Waals surface area contributed by atoms with Crippen LogP contribution >= 0.6 is 27.5 Å². The second-order valence-electron chi connectivity index (χ2n) is 3.84. The minimum atomic E-state index is 0.598. The highest BCUT2D eigenvalue weighted by atomic mass is 79.9. The molecule has 0 radical (unpaired) electrons. The van der Waals surface area contributed by atoms with Gasteiger partial charge in [-0.05, 0) is 40.7 Å². The monoisotopic (exact) mass is 312 g/mol. The summed E-state index contributed by atoms with van der Waals surface area (Å²) in [7, 11) is 0. The number of nitrogens with zero attached hydrogens (tertiary/aromatic N) is 2. The molecule has 0 aliphatic carbocycles. The zero-order valence-corrected chi connectivity index (χ0v) is 11.2. The van der Waals surface area contributed by atoms with E-state index in [1.165, 1.54) is 0 Å². The van der Waals surface area contributed by atoms with Crippen LogP contribution in [0.1, 0.15) is 5.69 Å². The number of aromatic amines is 1. The Labute approximate surface area is 111 Å². The van der Waals surface area contributed by atoms with Gasteiger partial charge >= 0.3 is 0 Å². The number of nitrogens with two attached hydrogens (primary N) is 1. The van der Waals surface area contributed by atoms with Crippen LogP contribution in [0.15, 0.2) is 22.8 Å². The zero-order chi connectivity index (χ0) is 12.0. The predicted molar refractivity (Wildman–Crippen MR) is 72.5 cm³/mol. The summed E-state index contributed by atoms with van der Waals surface area (Å²) in [6.45, 7) is 0.598. The third kappa shape index (κ3) is 1.66. The van der Waals surface area contributed by atoms with E-state index in [4.69, 9.17) is 17.3 Å². The minimum absolute atomic E-state index is 0.598. The van der Waals surface area contributed by atoms with Crippen LogP contribution in [-0.4, -0.2) is 20.9 Å². The molecule has 2 heterocycles. The second-order valence-corrected chi connectivity index (χ2v) is 5.02. The molecule has 0 unspecified atom stereocenters. The first-order valence-electron chi connectivity index (χ1n) is 5.25. The van der Waals surface area contributed by atoms with Gasteiger partial charge in [-0.2, -0.15) is 0 Å². The fourth-order valence-corrected chi connectivity index (χ4v) is 2.79. The third-order valence-electron chi connectivity index (χ3n) is 2.72. The Bertz CT molecular complexity index is 700. The van der Waals surface area contributed by atoms with Gasteiger partial charge in [0.05, 0.1) is 16.7 Å². The summed E-state index contributed by atoms with van der Waals surface area (Å²) in [4.78, 5) is 7.75. The molecule has 1 aromatic carbocycles. The molecule has 2 aromatic heterocycles. The molecule has 0 aliphatic heterocycles. The first kappa shape index (κ1) is 11.1. The van der Waals surface area contributed by atoms with Crippen molar-refractivity contribution in [1.82, 2.24) is 14.4 Å². The number of aromatic nitrogens is 3. The largest absolute Gasteiger partial charge is 0.330 e. The summed E-state index contributed by atoms with van der Waals surface area (Å²) in [6.07, 6.45) is 0.784. The Morgan fingerprint density at radius 1 is 1.47 bits per heavy atom. The Kier molecular flexibility index (Phi) is 2.61. The highest BCUT2D eigenvalue weighted by Crippen LogP contribution is 2.26. The van der Waals surface area contributed by atoms with E-state index in [1.54, 1.807) is 0 Å². The van der Waals surface area contributed by atoms with Crippen molar-refractivity contribution in [2.75, 3.05) is 6.54 Å². The SMILES string of the molecule is NCCc1[nH]c2nc3ccc(Cl)cc3n2c1Br. The smallest absolute Gasteiger partial charge is 0.213 e. The van der Waals surface area contributed by atoms with Crippen LogP contribution in [0.3, 0.4) is 0 Å². The van der Waals surface area contributed by atoms with Gasteiger partial charge in [0.2, 0.25) is 5.78 Å². The van der Waals surface area contributed by atoms with Crippen LogP contribution in [0.2, 0.25) is 5.02 Å². The van der Waals surface area contributed by atoms with Crippen molar-refractivity contribution in [2.24, 2.45) is 5.73 Å². The Morgan fingerprint density at radius 3 is 3.06 bits per heavy atom. The van der Waals surface area contributed by atoms with E-state index < -0.39 is 0 Å². The fourth-order valence-electron chi connectivity index (χ4n) is 1.96. The van der Waals surface area contributed by atoms with E-state index in [2.05, 4.69) is 25.9 Å². The van der Waals surface area contributed by atoms with Gasteiger partial charge in [-0.3, -0.25) is 4.40 Å². The molecule has 17 heavy (non-hydrogen) atoms. The summed E-state index contributed by atoms with van der Waals surface area (Å²) in [6, 6.07) is 5.65. The number of imidazole rings is 2. The summed E-state index contributed by atoms with van der Waals surface area (Å²) >= 11 is 9.58. The van der Waals surface area contributed by atoms with Crippen LogP contribution in [0.5, 0.6) is 0 Å². The van der Waals surface area contributed by atoms with Crippen LogP contribution < -0.4 is 5.73 Å². The molecule has 0 aliphatic rings. The zero-order valence-electron chi connectivity index (χ0n) is 8.87. The topological polar surface area (TPSA) is 59.1 Å². The molecule has 4 nitrogen and oxygen atoms in total. The Hall–Kier alpha value is -1.04. The number of H-pyrrole nitrogens is 1. The van der Waals surface area contributed by atoms with Crippen molar-refractivity contribution in [3.05, 3.63) is 33.5 Å². The molecule has 0 amide bonds. The van der Waals surface area contributed by atoms with Crippen molar-refractivity contribution < 1.29 is 0 Å². The number of rotatable bonds is 2. The van der Waals surface area contributed by atoms with Gasteiger partial charge in [0.25, 0.3) is 0 Å². The quantitative estimate of drug-likeness (QED) is 0.764. The van der Waals surface area contributed by atoms with E-state index in [9.17, 15) is 0 Å². The van der Waals surface area contributed by atoms with Gasteiger partial charge in [-0.1, -0.05) is 11.6 Å². The second kappa shape index (κ2) is 4.01. The molecule has 6 heteroatoms.